The molecule has 0 spiro atoms. The predicted molar refractivity (Wildman–Crippen MR) is 124 cm³/mol. The highest BCUT2D eigenvalue weighted by molar-refractivity contribution is 6.30. The molecule has 6 nitrogen and oxygen atoms in total. The molecule has 3 aromatic rings. The van der Waals surface area contributed by atoms with Gasteiger partial charge >= 0.3 is 0 Å². The Bertz CT molecular complexity index is 1390. The Balaban J connectivity index is 1.51. The van der Waals surface area contributed by atoms with Crippen LogP contribution in [0.4, 0.5) is 10.1 Å². The van der Waals surface area contributed by atoms with Gasteiger partial charge in [0, 0.05) is 10.6 Å². The fraction of sp³-hybridized carbons (Fsp3) is 0.154. The van der Waals surface area contributed by atoms with Crippen molar-refractivity contribution in [1.82, 2.24) is 5.01 Å². The lowest BCUT2D eigenvalue weighted by Gasteiger charge is -2.33. The number of Topliss-reactive ketones (excluding diaryl/α,β-unsaturated/α-hetero) is 1. The molecule has 3 aliphatic heterocycles. The third-order valence-electron chi connectivity index (χ3n) is 6.78. The van der Waals surface area contributed by atoms with Crippen molar-refractivity contribution in [2.45, 2.75) is 12.1 Å². The number of imide groups is 1. The molecular formula is C26H17ClFN3O3. The van der Waals surface area contributed by atoms with Crippen molar-refractivity contribution >= 4 is 41.1 Å². The molecule has 0 saturated carbocycles. The van der Waals surface area contributed by atoms with Crippen LogP contribution in [0.25, 0.3) is 0 Å². The van der Waals surface area contributed by atoms with E-state index in [-0.39, 0.29) is 11.5 Å². The summed E-state index contributed by atoms with van der Waals surface area (Å²) in [5.74, 6) is -4.05. The molecule has 3 heterocycles. The van der Waals surface area contributed by atoms with Crippen molar-refractivity contribution in [1.29, 1.82) is 0 Å². The van der Waals surface area contributed by atoms with E-state index in [4.69, 9.17) is 11.6 Å². The normalized spacial score (nSPS) is 24.8. The number of fused-ring (bicyclic) bond motifs is 5. The molecule has 8 heteroatoms. The van der Waals surface area contributed by atoms with Crippen molar-refractivity contribution in [3.8, 4) is 0 Å². The van der Waals surface area contributed by atoms with Gasteiger partial charge in [0.15, 0.2) is 5.78 Å². The number of carbonyl (C=O) groups excluding carboxylic acids is 3. The quantitative estimate of drug-likeness (QED) is 0.421. The Morgan fingerprint density at radius 3 is 2.32 bits per heavy atom. The number of anilines is 1. The molecule has 0 bridgehead atoms. The molecular weight excluding hydrogens is 457 g/mol. The zero-order valence-corrected chi connectivity index (χ0v) is 18.4. The Hall–Kier alpha value is -3.84. The monoisotopic (exact) mass is 473 g/mol. The van der Waals surface area contributed by atoms with Crippen LogP contribution in [0, 0.1) is 17.7 Å². The molecule has 0 aromatic heterocycles. The molecule has 3 aromatic carbocycles. The minimum Gasteiger partial charge on any atom is -0.292 e. The smallest absolute Gasteiger partial charge is 0.240 e. The average molecular weight is 474 g/mol. The van der Waals surface area contributed by atoms with Crippen LogP contribution in [0.5, 0.6) is 0 Å². The van der Waals surface area contributed by atoms with Crippen molar-refractivity contribution in [3.05, 3.63) is 100 Å². The number of carbonyl (C=O) groups is 3. The van der Waals surface area contributed by atoms with Crippen LogP contribution in [0.2, 0.25) is 5.02 Å². The molecule has 4 atom stereocenters. The highest BCUT2D eigenvalue weighted by atomic mass is 35.5. The Labute approximate surface area is 199 Å². The summed E-state index contributed by atoms with van der Waals surface area (Å²) < 4.78 is 14.6. The van der Waals surface area contributed by atoms with Gasteiger partial charge in [-0.25, -0.2) is 9.29 Å². The predicted octanol–water partition coefficient (Wildman–Crippen LogP) is 4.24. The first-order valence-corrected chi connectivity index (χ1v) is 11.2. The van der Waals surface area contributed by atoms with Gasteiger partial charge in [0.1, 0.15) is 11.9 Å². The first-order chi connectivity index (χ1) is 16.5. The van der Waals surface area contributed by atoms with Gasteiger partial charge in [-0.3, -0.25) is 19.4 Å². The van der Waals surface area contributed by atoms with Crippen LogP contribution in [0.3, 0.4) is 0 Å². The molecule has 0 aliphatic carbocycles. The first kappa shape index (κ1) is 20.7. The zero-order valence-electron chi connectivity index (χ0n) is 17.6. The number of halogens is 2. The summed E-state index contributed by atoms with van der Waals surface area (Å²) in [5.41, 5.74) is 1.86. The summed E-state index contributed by atoms with van der Waals surface area (Å²) in [6, 6.07) is 17.8. The van der Waals surface area contributed by atoms with Gasteiger partial charge in [0.05, 0.1) is 29.8 Å². The Morgan fingerprint density at radius 1 is 0.882 bits per heavy atom. The lowest BCUT2D eigenvalue weighted by atomic mass is 9.83. The number of rotatable bonds is 3. The SMILES string of the molecule is O=C(c1ccc(Cl)cc1)[C@@H]1[C@@H]2C(=O)N(c3ccccc3F)C(=O)[C@@H]2C2c3ccccc3C=NN21. The van der Waals surface area contributed by atoms with E-state index in [1.54, 1.807) is 41.6 Å². The molecule has 3 aliphatic rings. The van der Waals surface area contributed by atoms with E-state index in [0.717, 1.165) is 16.0 Å². The number of amides is 2. The van der Waals surface area contributed by atoms with Crippen molar-refractivity contribution in [3.63, 3.8) is 0 Å². The second kappa shape index (κ2) is 7.60. The number of hydrazone groups is 1. The molecule has 2 amide bonds. The second-order valence-electron chi connectivity index (χ2n) is 8.53. The minimum absolute atomic E-state index is 0.108. The molecule has 34 heavy (non-hydrogen) atoms. The summed E-state index contributed by atoms with van der Waals surface area (Å²) in [6.07, 6.45) is 1.64. The number of benzene rings is 3. The van der Waals surface area contributed by atoms with Crippen LogP contribution >= 0.6 is 11.6 Å². The van der Waals surface area contributed by atoms with Gasteiger partial charge in [0.25, 0.3) is 0 Å². The minimum atomic E-state index is -1.02. The van der Waals surface area contributed by atoms with E-state index in [0.29, 0.717) is 10.6 Å². The number of para-hydroxylation sites is 1. The zero-order chi connectivity index (χ0) is 23.6. The third kappa shape index (κ3) is 2.86. The van der Waals surface area contributed by atoms with Gasteiger partial charge in [0.2, 0.25) is 11.8 Å². The fourth-order valence-electron chi connectivity index (χ4n) is 5.32. The number of hydrogen-bond donors (Lipinski definition) is 0. The maximum atomic E-state index is 14.6. The van der Waals surface area contributed by atoms with Gasteiger partial charge in [-0.15, -0.1) is 0 Å². The lowest BCUT2D eigenvalue weighted by molar-refractivity contribution is -0.124. The highest BCUT2D eigenvalue weighted by Crippen LogP contribution is 2.53. The molecule has 2 fully saturated rings. The summed E-state index contributed by atoms with van der Waals surface area (Å²) >= 11 is 5.99. The van der Waals surface area contributed by atoms with Gasteiger partial charge in [-0.05, 0) is 47.5 Å². The summed E-state index contributed by atoms with van der Waals surface area (Å²) in [7, 11) is 0. The topological polar surface area (TPSA) is 70.0 Å². The lowest BCUT2D eigenvalue weighted by Crippen LogP contribution is -2.44. The van der Waals surface area contributed by atoms with E-state index in [1.807, 2.05) is 24.3 Å². The van der Waals surface area contributed by atoms with Crippen molar-refractivity contribution in [2.24, 2.45) is 16.9 Å². The fourth-order valence-corrected chi connectivity index (χ4v) is 5.45. The Kier molecular flexibility index (Phi) is 4.64. The standard InChI is InChI=1S/C26H17ClFN3O3/c27-16-11-9-14(10-12-16)24(32)23-21-20(22-17-6-2-1-5-15(17)13-29-31(22)23)25(33)30(26(21)34)19-8-4-3-7-18(19)28/h1-13,20-23H/t20-,21+,22?,23-/m0/s1. The molecule has 0 radical (unpaired) electrons. The van der Waals surface area contributed by atoms with Crippen molar-refractivity contribution in [2.75, 3.05) is 4.90 Å². The summed E-state index contributed by atoms with van der Waals surface area (Å²) in [5, 5.41) is 6.56. The number of hydrogen-bond acceptors (Lipinski definition) is 5. The maximum Gasteiger partial charge on any atom is 0.240 e. The van der Waals surface area contributed by atoms with Crippen LogP contribution in [-0.2, 0) is 9.59 Å². The average Bonchev–Trinajstić information content (AvgIpc) is 3.32. The second-order valence-corrected chi connectivity index (χ2v) is 8.97. The van der Waals surface area contributed by atoms with Crippen molar-refractivity contribution < 1.29 is 18.8 Å². The third-order valence-corrected chi connectivity index (χ3v) is 7.04. The first-order valence-electron chi connectivity index (χ1n) is 10.8. The van der Waals surface area contributed by atoms with Crippen LogP contribution in [0.1, 0.15) is 27.5 Å². The van der Waals surface area contributed by atoms with Crippen LogP contribution in [-0.4, -0.2) is 34.9 Å². The summed E-state index contributed by atoms with van der Waals surface area (Å²) in [4.78, 5) is 42.0. The molecule has 168 valence electrons. The van der Waals surface area contributed by atoms with Crippen LogP contribution < -0.4 is 4.90 Å². The number of ketones is 1. The van der Waals surface area contributed by atoms with Gasteiger partial charge in [-0.2, -0.15) is 5.10 Å². The molecule has 1 unspecified atom stereocenters. The number of nitrogens with zero attached hydrogens (tertiary/aromatic N) is 3. The highest BCUT2D eigenvalue weighted by Gasteiger charge is 2.65. The Morgan fingerprint density at radius 2 is 1.56 bits per heavy atom. The van der Waals surface area contributed by atoms with E-state index in [1.165, 1.54) is 18.2 Å². The summed E-state index contributed by atoms with van der Waals surface area (Å²) in [6.45, 7) is 0. The van der Waals surface area contributed by atoms with E-state index in [9.17, 15) is 18.8 Å². The molecule has 2 saturated heterocycles. The van der Waals surface area contributed by atoms with E-state index < -0.39 is 41.6 Å². The van der Waals surface area contributed by atoms with Gasteiger partial charge in [-0.1, -0.05) is 48.0 Å². The van der Waals surface area contributed by atoms with E-state index in [2.05, 4.69) is 5.10 Å². The van der Waals surface area contributed by atoms with E-state index >= 15 is 0 Å². The maximum absolute atomic E-state index is 14.6. The molecule has 0 N–H and O–H groups in total. The van der Waals surface area contributed by atoms with Crippen LogP contribution in [0.15, 0.2) is 77.9 Å². The molecule has 6 rings (SSSR count). The van der Waals surface area contributed by atoms with Gasteiger partial charge < -0.3 is 0 Å². The largest absolute Gasteiger partial charge is 0.292 e.